The highest BCUT2D eigenvalue weighted by Gasteiger charge is 2.13. The number of benzene rings is 1. The number of hydrogen-bond acceptors (Lipinski definition) is 5. The van der Waals surface area contributed by atoms with E-state index in [1.807, 2.05) is 37.3 Å². The van der Waals surface area contributed by atoms with Crippen molar-refractivity contribution in [2.24, 2.45) is 0 Å². The Morgan fingerprint density at radius 3 is 2.87 bits per heavy atom. The lowest BCUT2D eigenvalue weighted by Crippen LogP contribution is -2.03. The molecular weight excluding hydrogens is 314 g/mol. The van der Waals surface area contributed by atoms with Crippen LogP contribution in [0.25, 0.3) is 22.7 Å². The average molecular weight is 330 g/mol. The van der Waals surface area contributed by atoms with E-state index >= 15 is 0 Å². The minimum Gasteiger partial charge on any atom is -0.493 e. The van der Waals surface area contributed by atoms with E-state index in [1.165, 1.54) is 4.52 Å². The van der Waals surface area contributed by atoms with Crippen LogP contribution in [0.1, 0.15) is 18.3 Å². The number of hydrogen-bond donors (Lipinski definition) is 1. The van der Waals surface area contributed by atoms with Gasteiger partial charge in [0.2, 0.25) is 11.8 Å². The summed E-state index contributed by atoms with van der Waals surface area (Å²) in [5.41, 5.74) is 9.30. The summed E-state index contributed by atoms with van der Waals surface area (Å²) in [5.74, 6) is 1.76. The van der Waals surface area contributed by atoms with Crippen molar-refractivity contribution in [1.82, 2.24) is 19.6 Å². The van der Waals surface area contributed by atoms with Crippen molar-refractivity contribution in [3.63, 3.8) is 0 Å². The van der Waals surface area contributed by atoms with Gasteiger partial charge in [-0.3, -0.25) is 0 Å². The van der Waals surface area contributed by atoms with Gasteiger partial charge in [0.05, 0.1) is 12.8 Å². The number of alkyl halides is 1. The number of fused-ring (bicyclic) bond motifs is 1. The van der Waals surface area contributed by atoms with E-state index in [9.17, 15) is 0 Å². The number of nitrogens with zero attached hydrogens (tertiary/aromatic N) is 4. The van der Waals surface area contributed by atoms with Gasteiger partial charge >= 0.3 is 0 Å². The van der Waals surface area contributed by atoms with E-state index in [0.717, 1.165) is 16.8 Å². The van der Waals surface area contributed by atoms with Gasteiger partial charge in [-0.2, -0.15) is 4.52 Å². The molecule has 3 aromatic rings. The fourth-order valence-corrected chi connectivity index (χ4v) is 2.48. The SMILES string of the molecule is C/C=C(\OC)c1nc2cc(-c3cccc(CCl)c3)nc(N)n2n1. The van der Waals surface area contributed by atoms with Crippen molar-refractivity contribution >= 4 is 29.0 Å². The summed E-state index contributed by atoms with van der Waals surface area (Å²) >= 11 is 5.89. The third kappa shape index (κ3) is 2.85. The number of methoxy groups -OCH3 is 1. The Balaban J connectivity index is 2.13. The summed E-state index contributed by atoms with van der Waals surface area (Å²) in [4.78, 5) is 8.86. The molecule has 0 fully saturated rings. The molecule has 7 heteroatoms. The van der Waals surface area contributed by atoms with Gasteiger partial charge in [0, 0.05) is 17.5 Å². The molecule has 0 unspecified atom stereocenters. The average Bonchev–Trinajstić information content (AvgIpc) is 3.00. The topological polar surface area (TPSA) is 78.3 Å². The molecule has 1 aromatic carbocycles. The van der Waals surface area contributed by atoms with Gasteiger partial charge in [0.1, 0.15) is 0 Å². The van der Waals surface area contributed by atoms with Crippen molar-refractivity contribution < 1.29 is 4.74 Å². The summed E-state index contributed by atoms with van der Waals surface area (Å²) in [6.45, 7) is 1.86. The number of nitrogen functional groups attached to an aromatic ring is 1. The lowest BCUT2D eigenvalue weighted by molar-refractivity contribution is 0.365. The molecule has 0 aliphatic rings. The first kappa shape index (κ1) is 15.3. The third-order valence-electron chi connectivity index (χ3n) is 3.43. The Hall–Kier alpha value is -2.60. The second-order valence-corrected chi connectivity index (χ2v) is 5.16. The Kier molecular flexibility index (Phi) is 4.16. The zero-order chi connectivity index (χ0) is 16.4. The molecular formula is C16H16ClN5O. The summed E-state index contributed by atoms with van der Waals surface area (Å²) in [5, 5.41) is 4.33. The molecule has 0 radical (unpaired) electrons. The molecule has 0 saturated carbocycles. The zero-order valence-corrected chi connectivity index (χ0v) is 13.6. The van der Waals surface area contributed by atoms with Crippen LogP contribution in [0.3, 0.4) is 0 Å². The first-order valence-electron chi connectivity index (χ1n) is 7.05. The maximum Gasteiger partial charge on any atom is 0.223 e. The van der Waals surface area contributed by atoms with Gasteiger partial charge in [-0.05, 0) is 24.6 Å². The number of allylic oxidation sites excluding steroid dienone is 1. The maximum absolute atomic E-state index is 6.02. The van der Waals surface area contributed by atoms with Gasteiger partial charge < -0.3 is 10.5 Å². The van der Waals surface area contributed by atoms with E-state index < -0.39 is 0 Å². The quantitative estimate of drug-likeness (QED) is 0.587. The highest BCUT2D eigenvalue weighted by atomic mass is 35.5. The second kappa shape index (κ2) is 6.26. The first-order valence-corrected chi connectivity index (χ1v) is 7.59. The van der Waals surface area contributed by atoms with Gasteiger partial charge in [-0.25, -0.2) is 9.97 Å². The normalized spacial score (nSPS) is 11.9. The van der Waals surface area contributed by atoms with Crippen LogP contribution in [-0.2, 0) is 10.6 Å². The molecule has 0 spiro atoms. The highest BCUT2D eigenvalue weighted by Crippen LogP contribution is 2.23. The van der Waals surface area contributed by atoms with Crippen LogP contribution in [0, 0.1) is 0 Å². The van der Waals surface area contributed by atoms with Gasteiger partial charge in [-0.1, -0.05) is 18.2 Å². The van der Waals surface area contributed by atoms with E-state index in [4.69, 9.17) is 22.1 Å². The lowest BCUT2D eigenvalue weighted by atomic mass is 10.1. The predicted molar refractivity (Wildman–Crippen MR) is 90.8 cm³/mol. The molecule has 0 bridgehead atoms. The molecule has 6 nitrogen and oxygen atoms in total. The smallest absolute Gasteiger partial charge is 0.223 e. The first-order chi connectivity index (χ1) is 11.2. The Labute approximate surface area is 138 Å². The van der Waals surface area contributed by atoms with Crippen molar-refractivity contribution in [2.45, 2.75) is 12.8 Å². The minimum atomic E-state index is 0.263. The maximum atomic E-state index is 6.02. The zero-order valence-electron chi connectivity index (χ0n) is 12.8. The Morgan fingerprint density at radius 2 is 2.17 bits per heavy atom. The summed E-state index contributed by atoms with van der Waals surface area (Å²) in [6.07, 6.45) is 1.79. The van der Waals surface area contributed by atoms with Crippen LogP contribution >= 0.6 is 11.6 Å². The van der Waals surface area contributed by atoms with Crippen LogP contribution < -0.4 is 5.73 Å². The molecule has 0 atom stereocenters. The highest BCUT2D eigenvalue weighted by molar-refractivity contribution is 6.17. The Bertz CT molecular complexity index is 887. The molecule has 23 heavy (non-hydrogen) atoms. The lowest BCUT2D eigenvalue weighted by Gasteiger charge is -2.05. The van der Waals surface area contributed by atoms with E-state index in [1.54, 1.807) is 13.2 Å². The molecule has 0 aliphatic carbocycles. The Morgan fingerprint density at radius 1 is 1.35 bits per heavy atom. The molecule has 0 saturated heterocycles. The second-order valence-electron chi connectivity index (χ2n) is 4.90. The largest absolute Gasteiger partial charge is 0.493 e. The number of anilines is 1. The van der Waals surface area contributed by atoms with Gasteiger partial charge in [-0.15, -0.1) is 16.7 Å². The minimum absolute atomic E-state index is 0.263. The summed E-state index contributed by atoms with van der Waals surface area (Å²) in [6, 6.07) is 9.67. The molecule has 2 aromatic heterocycles. The van der Waals surface area contributed by atoms with Crippen molar-refractivity contribution in [1.29, 1.82) is 0 Å². The summed E-state index contributed by atoms with van der Waals surface area (Å²) in [7, 11) is 1.58. The molecule has 2 heterocycles. The number of aromatic nitrogens is 4. The van der Waals surface area contributed by atoms with Crippen molar-refractivity contribution in [3.8, 4) is 11.3 Å². The van der Waals surface area contributed by atoms with Crippen molar-refractivity contribution in [3.05, 3.63) is 47.8 Å². The molecule has 118 valence electrons. The fourth-order valence-electron chi connectivity index (χ4n) is 2.32. The fraction of sp³-hybridized carbons (Fsp3) is 0.188. The molecule has 2 N–H and O–H groups in total. The van der Waals surface area contributed by atoms with Crippen LogP contribution in [0.15, 0.2) is 36.4 Å². The number of nitrogens with two attached hydrogens (primary N) is 1. The number of ether oxygens (including phenoxy) is 1. The standard InChI is InChI=1S/C16H16ClN5O/c1-3-13(23-2)15-20-14-8-12(19-16(18)22(14)21-15)11-6-4-5-10(7-11)9-17/h3-8H,9H2,1-2H3,(H2,18,19)/b13-3-. The molecule has 0 amide bonds. The van der Waals surface area contributed by atoms with Gasteiger partial charge in [0.25, 0.3) is 0 Å². The monoisotopic (exact) mass is 329 g/mol. The van der Waals surface area contributed by atoms with Crippen LogP contribution in [-0.4, -0.2) is 26.7 Å². The van der Waals surface area contributed by atoms with E-state index in [2.05, 4.69) is 15.1 Å². The third-order valence-corrected chi connectivity index (χ3v) is 3.74. The van der Waals surface area contributed by atoms with Crippen molar-refractivity contribution in [2.75, 3.05) is 12.8 Å². The van der Waals surface area contributed by atoms with Crippen LogP contribution in [0.2, 0.25) is 0 Å². The molecule has 3 rings (SSSR count). The number of halogens is 1. The van der Waals surface area contributed by atoms with Gasteiger partial charge in [0.15, 0.2) is 11.4 Å². The van der Waals surface area contributed by atoms with E-state index in [-0.39, 0.29) is 5.95 Å². The number of rotatable bonds is 4. The van der Waals surface area contributed by atoms with Crippen LogP contribution in [0.4, 0.5) is 5.95 Å². The molecule has 0 aliphatic heterocycles. The van der Waals surface area contributed by atoms with Crippen LogP contribution in [0.5, 0.6) is 0 Å². The predicted octanol–water partition coefficient (Wildman–Crippen LogP) is 3.12. The summed E-state index contributed by atoms with van der Waals surface area (Å²) < 4.78 is 6.74. The van der Waals surface area contributed by atoms with E-state index in [0.29, 0.717) is 23.1 Å².